The van der Waals surface area contributed by atoms with Crippen molar-refractivity contribution in [3.05, 3.63) is 94.0 Å². The van der Waals surface area contributed by atoms with Crippen molar-refractivity contribution in [1.82, 2.24) is 19.1 Å². The number of halogens is 3. The number of alkyl halides is 3. The summed E-state index contributed by atoms with van der Waals surface area (Å²) in [5.41, 5.74) is 1.13. The molecule has 5 rings (SSSR count). The fourth-order valence-electron chi connectivity index (χ4n) is 4.48. The molecule has 2 aromatic carbocycles. The molecular formula is C25H23F3N6O2. The monoisotopic (exact) mass is 496 g/mol. The van der Waals surface area contributed by atoms with Gasteiger partial charge in [-0.2, -0.15) is 18.3 Å². The fourth-order valence-corrected chi connectivity index (χ4v) is 4.48. The van der Waals surface area contributed by atoms with Gasteiger partial charge in [0.15, 0.2) is 11.7 Å². The van der Waals surface area contributed by atoms with E-state index in [0.717, 1.165) is 4.68 Å². The third-order valence-corrected chi connectivity index (χ3v) is 6.42. The molecule has 0 fully saturated rings. The first kappa shape index (κ1) is 23.5. The number of nitrogens with zero attached hydrogens (tertiary/aromatic N) is 4. The Morgan fingerprint density at radius 2 is 1.72 bits per heavy atom. The number of carbonyl (C=O) groups is 1. The molecular weight excluding hydrogens is 473 g/mol. The van der Waals surface area contributed by atoms with Crippen LogP contribution in [0.4, 0.5) is 24.7 Å². The van der Waals surface area contributed by atoms with Crippen molar-refractivity contribution in [3.63, 3.8) is 0 Å². The van der Waals surface area contributed by atoms with Crippen LogP contribution in [0.25, 0.3) is 5.69 Å². The Bertz CT molecular complexity index is 1470. The zero-order valence-electron chi connectivity index (χ0n) is 19.5. The highest BCUT2D eigenvalue weighted by atomic mass is 19.4. The van der Waals surface area contributed by atoms with Gasteiger partial charge in [0.05, 0.1) is 17.4 Å². The SMILES string of the molecule is Cc1c(NC(=O)c2cc3n(n2)[C@@H](C(F)(F)F)C[C@@H](c2ccccc2)N3)c(=O)n(-c2ccccc2)n1C. The van der Waals surface area contributed by atoms with Gasteiger partial charge in [-0.15, -0.1) is 0 Å². The highest BCUT2D eigenvalue weighted by Gasteiger charge is 2.46. The van der Waals surface area contributed by atoms with Gasteiger partial charge in [-0.1, -0.05) is 48.5 Å². The number of fused-ring (bicyclic) bond motifs is 1. The summed E-state index contributed by atoms with van der Waals surface area (Å²) in [4.78, 5) is 26.1. The number of anilines is 2. The first-order valence-electron chi connectivity index (χ1n) is 11.3. The van der Waals surface area contributed by atoms with Gasteiger partial charge in [-0.3, -0.25) is 14.3 Å². The predicted molar refractivity (Wildman–Crippen MR) is 128 cm³/mol. The topological polar surface area (TPSA) is 85.9 Å². The van der Waals surface area contributed by atoms with Crippen molar-refractivity contribution in [2.24, 2.45) is 7.05 Å². The van der Waals surface area contributed by atoms with Gasteiger partial charge >= 0.3 is 6.18 Å². The number of nitrogens with one attached hydrogen (secondary N) is 2. The zero-order valence-corrected chi connectivity index (χ0v) is 19.5. The van der Waals surface area contributed by atoms with Gasteiger partial charge in [-0.25, -0.2) is 9.36 Å². The lowest BCUT2D eigenvalue weighted by atomic mass is 9.97. The molecule has 0 saturated heterocycles. The molecule has 1 aliphatic heterocycles. The van der Waals surface area contributed by atoms with E-state index in [9.17, 15) is 22.8 Å². The Labute approximate surface area is 203 Å². The summed E-state index contributed by atoms with van der Waals surface area (Å²) in [7, 11) is 1.68. The molecule has 36 heavy (non-hydrogen) atoms. The summed E-state index contributed by atoms with van der Waals surface area (Å²) in [5, 5.41) is 9.59. The summed E-state index contributed by atoms with van der Waals surface area (Å²) < 4.78 is 45.6. The smallest absolute Gasteiger partial charge is 0.363 e. The van der Waals surface area contributed by atoms with Crippen LogP contribution in [0.15, 0.2) is 71.5 Å². The molecule has 1 aliphatic rings. The second-order valence-electron chi connectivity index (χ2n) is 8.65. The molecule has 0 aliphatic carbocycles. The molecule has 0 radical (unpaired) electrons. The highest BCUT2D eigenvalue weighted by molar-refractivity contribution is 6.03. The van der Waals surface area contributed by atoms with Crippen LogP contribution in [0.2, 0.25) is 0 Å². The van der Waals surface area contributed by atoms with E-state index in [1.165, 1.54) is 10.7 Å². The second-order valence-corrected chi connectivity index (χ2v) is 8.65. The maximum absolute atomic E-state index is 13.9. The van der Waals surface area contributed by atoms with Crippen LogP contribution in [0.1, 0.15) is 40.3 Å². The fraction of sp³-hybridized carbons (Fsp3) is 0.240. The standard InChI is InChI=1S/C25H23F3N6O2/c1-15-22(24(36)34(32(15)2)17-11-7-4-8-12-17)30-23(35)19-14-21-29-18(16-9-5-3-6-10-16)13-20(25(26,27)28)33(21)31-19/h3-12,14,18,20,29H,13H2,1-2H3,(H,30,35)/t18-,20+/m0/s1. The van der Waals surface area contributed by atoms with Gasteiger partial charge in [-0.05, 0) is 24.6 Å². The Kier molecular flexibility index (Phi) is 5.70. The van der Waals surface area contributed by atoms with E-state index in [-0.39, 0.29) is 23.6 Å². The minimum atomic E-state index is -4.57. The molecule has 3 heterocycles. The van der Waals surface area contributed by atoms with Crippen molar-refractivity contribution < 1.29 is 18.0 Å². The summed E-state index contributed by atoms with van der Waals surface area (Å²) in [5.74, 6) is -0.698. The van der Waals surface area contributed by atoms with Crippen molar-refractivity contribution in [1.29, 1.82) is 0 Å². The molecule has 4 aromatic rings. The van der Waals surface area contributed by atoms with Crippen molar-refractivity contribution >= 4 is 17.4 Å². The number of aromatic nitrogens is 4. The van der Waals surface area contributed by atoms with E-state index >= 15 is 0 Å². The van der Waals surface area contributed by atoms with E-state index in [1.54, 1.807) is 73.3 Å². The van der Waals surface area contributed by atoms with Crippen LogP contribution >= 0.6 is 0 Å². The first-order chi connectivity index (χ1) is 17.1. The molecule has 1 amide bonds. The number of hydrogen-bond acceptors (Lipinski definition) is 4. The lowest BCUT2D eigenvalue weighted by Gasteiger charge is -2.33. The molecule has 0 spiro atoms. The number of carbonyl (C=O) groups excluding carboxylic acids is 1. The average molecular weight is 496 g/mol. The van der Waals surface area contributed by atoms with Gasteiger partial charge in [0, 0.05) is 19.5 Å². The van der Waals surface area contributed by atoms with Crippen LogP contribution in [0, 0.1) is 6.92 Å². The molecule has 0 bridgehead atoms. The maximum atomic E-state index is 13.9. The van der Waals surface area contributed by atoms with Crippen LogP contribution in [-0.4, -0.2) is 31.2 Å². The molecule has 2 atom stereocenters. The molecule has 11 heteroatoms. The summed E-state index contributed by atoms with van der Waals surface area (Å²) in [6, 6.07) is 16.5. The Morgan fingerprint density at radius 3 is 2.36 bits per heavy atom. The van der Waals surface area contributed by atoms with E-state index in [0.29, 0.717) is 16.9 Å². The Balaban J connectivity index is 1.47. The number of amides is 1. The lowest BCUT2D eigenvalue weighted by molar-refractivity contribution is -0.173. The van der Waals surface area contributed by atoms with Crippen LogP contribution in [0.5, 0.6) is 0 Å². The van der Waals surface area contributed by atoms with Gasteiger partial charge in [0.2, 0.25) is 0 Å². The molecule has 2 aromatic heterocycles. The van der Waals surface area contributed by atoms with Crippen molar-refractivity contribution in [2.75, 3.05) is 10.6 Å². The summed E-state index contributed by atoms with van der Waals surface area (Å²) >= 11 is 0. The van der Waals surface area contributed by atoms with Crippen LogP contribution in [0.3, 0.4) is 0 Å². The van der Waals surface area contributed by atoms with E-state index in [1.807, 2.05) is 6.07 Å². The summed E-state index contributed by atoms with van der Waals surface area (Å²) in [6.45, 7) is 1.67. The number of para-hydroxylation sites is 1. The Hall–Kier alpha value is -4.28. The van der Waals surface area contributed by atoms with Crippen molar-refractivity contribution in [2.45, 2.75) is 31.6 Å². The van der Waals surface area contributed by atoms with Gasteiger partial charge < -0.3 is 10.6 Å². The predicted octanol–water partition coefficient (Wildman–Crippen LogP) is 4.59. The first-order valence-corrected chi connectivity index (χ1v) is 11.3. The quantitative estimate of drug-likeness (QED) is 0.433. The van der Waals surface area contributed by atoms with Crippen molar-refractivity contribution in [3.8, 4) is 5.69 Å². The maximum Gasteiger partial charge on any atom is 0.410 e. The number of benzene rings is 2. The minimum Gasteiger partial charge on any atom is -0.363 e. The third-order valence-electron chi connectivity index (χ3n) is 6.42. The summed E-state index contributed by atoms with van der Waals surface area (Å²) in [6.07, 6.45) is -4.84. The molecule has 2 N–H and O–H groups in total. The highest BCUT2D eigenvalue weighted by Crippen LogP contribution is 2.43. The zero-order chi connectivity index (χ0) is 25.6. The van der Waals surface area contributed by atoms with E-state index < -0.39 is 29.7 Å². The normalized spacial score (nSPS) is 17.4. The largest absolute Gasteiger partial charge is 0.410 e. The molecule has 0 unspecified atom stereocenters. The lowest BCUT2D eigenvalue weighted by Crippen LogP contribution is -2.35. The van der Waals surface area contributed by atoms with Gasteiger partial charge in [0.25, 0.3) is 11.5 Å². The van der Waals surface area contributed by atoms with Gasteiger partial charge in [0.1, 0.15) is 11.5 Å². The average Bonchev–Trinajstić information content (AvgIpc) is 3.39. The van der Waals surface area contributed by atoms with Crippen LogP contribution in [-0.2, 0) is 7.05 Å². The minimum absolute atomic E-state index is 0.0276. The molecule has 0 saturated carbocycles. The van der Waals surface area contributed by atoms with Crippen LogP contribution < -0.4 is 16.2 Å². The second kappa shape index (κ2) is 8.74. The van der Waals surface area contributed by atoms with E-state index in [2.05, 4.69) is 15.7 Å². The third kappa shape index (κ3) is 4.06. The number of rotatable bonds is 4. The molecule has 186 valence electrons. The van der Waals surface area contributed by atoms with E-state index in [4.69, 9.17) is 0 Å². The Morgan fingerprint density at radius 1 is 1.08 bits per heavy atom. The number of hydrogen-bond donors (Lipinski definition) is 2. The molecule has 8 nitrogen and oxygen atoms in total.